The maximum atomic E-state index is 12.0. The summed E-state index contributed by atoms with van der Waals surface area (Å²) in [6, 6.07) is 0. The summed E-state index contributed by atoms with van der Waals surface area (Å²) in [6.45, 7) is 6.55. The van der Waals surface area contributed by atoms with Crippen LogP contribution in [0.15, 0.2) is 5.38 Å². The fourth-order valence-electron chi connectivity index (χ4n) is 2.41. The van der Waals surface area contributed by atoms with E-state index in [0.717, 1.165) is 36.4 Å². The number of hydrogen-bond acceptors (Lipinski definition) is 3. The molecule has 0 spiro atoms. The molecule has 0 aliphatic heterocycles. The van der Waals surface area contributed by atoms with E-state index in [1.807, 2.05) is 0 Å². The molecule has 1 unspecified atom stereocenters. The van der Waals surface area contributed by atoms with Gasteiger partial charge in [0.25, 0.3) is 0 Å². The first kappa shape index (κ1) is 13.7. The van der Waals surface area contributed by atoms with Crippen LogP contribution in [0, 0.1) is 5.92 Å². The zero-order chi connectivity index (χ0) is 13.2. The van der Waals surface area contributed by atoms with Gasteiger partial charge in [-0.1, -0.05) is 33.6 Å². The van der Waals surface area contributed by atoms with Crippen LogP contribution >= 0.6 is 11.3 Å². The van der Waals surface area contributed by atoms with Gasteiger partial charge in [-0.3, -0.25) is 4.79 Å². The number of hydrogen-bond donors (Lipinski definition) is 0. The van der Waals surface area contributed by atoms with Crippen molar-refractivity contribution in [2.24, 2.45) is 5.92 Å². The lowest BCUT2D eigenvalue weighted by molar-refractivity contribution is -0.122. The van der Waals surface area contributed by atoms with E-state index in [-0.39, 0.29) is 11.3 Å². The third kappa shape index (κ3) is 3.41. The van der Waals surface area contributed by atoms with Crippen LogP contribution in [0.3, 0.4) is 0 Å². The summed E-state index contributed by atoms with van der Waals surface area (Å²) >= 11 is 1.72. The number of nitrogens with zero attached hydrogens (tertiary/aromatic N) is 1. The molecule has 1 aromatic heterocycles. The summed E-state index contributed by atoms with van der Waals surface area (Å²) in [5.74, 6) is 0.687. The van der Waals surface area contributed by atoms with Crippen LogP contribution in [0.1, 0.15) is 63.6 Å². The molecule has 1 saturated carbocycles. The number of carbonyl (C=O) groups is 1. The molecule has 1 aromatic rings. The van der Waals surface area contributed by atoms with Gasteiger partial charge in [0.1, 0.15) is 5.78 Å². The molecule has 18 heavy (non-hydrogen) atoms. The molecule has 2 rings (SSSR count). The van der Waals surface area contributed by atoms with E-state index in [4.69, 9.17) is 4.98 Å². The van der Waals surface area contributed by atoms with E-state index < -0.39 is 0 Å². The van der Waals surface area contributed by atoms with Gasteiger partial charge < -0.3 is 0 Å². The lowest BCUT2D eigenvalue weighted by atomic mass is 9.93. The Morgan fingerprint density at radius 3 is 2.78 bits per heavy atom. The normalized spacial score (nSPS) is 21.9. The van der Waals surface area contributed by atoms with Gasteiger partial charge in [-0.2, -0.15) is 0 Å². The third-order valence-corrected chi connectivity index (χ3v) is 4.54. The van der Waals surface area contributed by atoms with Gasteiger partial charge in [0.15, 0.2) is 0 Å². The molecule has 1 aliphatic carbocycles. The molecule has 1 aliphatic rings. The van der Waals surface area contributed by atoms with Crippen LogP contribution in [-0.4, -0.2) is 10.8 Å². The average molecular weight is 265 g/mol. The van der Waals surface area contributed by atoms with E-state index in [9.17, 15) is 4.79 Å². The summed E-state index contributed by atoms with van der Waals surface area (Å²) in [4.78, 5) is 16.7. The zero-order valence-corrected chi connectivity index (χ0v) is 12.5. The van der Waals surface area contributed by atoms with E-state index in [1.54, 1.807) is 11.3 Å². The molecular formula is C15H23NOS. The Hall–Kier alpha value is -0.700. The van der Waals surface area contributed by atoms with E-state index in [1.165, 1.54) is 12.8 Å². The number of thiazole rings is 1. The largest absolute Gasteiger partial charge is 0.299 e. The Labute approximate surface area is 114 Å². The van der Waals surface area contributed by atoms with Gasteiger partial charge in [0.05, 0.1) is 10.7 Å². The summed E-state index contributed by atoms with van der Waals surface area (Å²) in [6.07, 6.45) is 6.20. The maximum Gasteiger partial charge on any atom is 0.136 e. The second-order valence-electron chi connectivity index (χ2n) is 6.34. The molecule has 0 amide bonds. The van der Waals surface area contributed by atoms with Crippen LogP contribution in [0.2, 0.25) is 0 Å². The number of rotatable bonds is 2. The van der Waals surface area contributed by atoms with Crippen molar-refractivity contribution in [2.45, 2.75) is 64.7 Å². The molecular weight excluding hydrogens is 242 g/mol. The van der Waals surface area contributed by atoms with Crippen LogP contribution in [0.4, 0.5) is 0 Å². The van der Waals surface area contributed by atoms with Crippen molar-refractivity contribution >= 4 is 17.1 Å². The molecule has 0 radical (unpaired) electrons. The first-order chi connectivity index (χ1) is 8.47. The predicted molar refractivity (Wildman–Crippen MR) is 76.1 cm³/mol. The molecule has 3 heteroatoms. The van der Waals surface area contributed by atoms with E-state index in [2.05, 4.69) is 26.2 Å². The number of carbonyl (C=O) groups excluding carboxylic acids is 1. The van der Waals surface area contributed by atoms with Gasteiger partial charge in [-0.25, -0.2) is 4.98 Å². The first-order valence-corrected chi connectivity index (χ1v) is 7.82. The number of Topliss-reactive ketones (excluding diaryl/α,β-unsaturated/α-hetero) is 1. The van der Waals surface area contributed by atoms with Crippen molar-refractivity contribution < 1.29 is 4.79 Å². The summed E-state index contributed by atoms with van der Waals surface area (Å²) in [5.41, 5.74) is 1.27. The van der Waals surface area contributed by atoms with Crippen molar-refractivity contribution in [3.8, 4) is 0 Å². The molecule has 0 bridgehead atoms. The standard InChI is InChI=1S/C15H23NOS/c1-15(2,3)13-10-18-14(16-13)9-11-7-5-4-6-8-12(11)17/h10-11H,4-9H2,1-3H3. The van der Waals surface area contributed by atoms with Crippen LogP contribution in [-0.2, 0) is 16.6 Å². The minimum absolute atomic E-state index is 0.113. The fourth-order valence-corrected chi connectivity index (χ4v) is 3.51. The van der Waals surface area contributed by atoms with Crippen LogP contribution in [0.25, 0.3) is 0 Å². The molecule has 1 atom stereocenters. The number of aromatic nitrogens is 1. The molecule has 0 aromatic carbocycles. The Morgan fingerprint density at radius 1 is 1.33 bits per heavy atom. The first-order valence-electron chi connectivity index (χ1n) is 6.94. The van der Waals surface area contributed by atoms with Gasteiger partial charge in [0, 0.05) is 29.6 Å². The minimum Gasteiger partial charge on any atom is -0.299 e. The van der Waals surface area contributed by atoms with Gasteiger partial charge in [-0.15, -0.1) is 11.3 Å². The van der Waals surface area contributed by atoms with Gasteiger partial charge in [0.2, 0.25) is 0 Å². The molecule has 100 valence electrons. The highest BCUT2D eigenvalue weighted by Crippen LogP contribution is 2.28. The predicted octanol–water partition coefficient (Wildman–Crippen LogP) is 4.13. The summed E-state index contributed by atoms with van der Waals surface area (Å²) in [5, 5.41) is 3.29. The van der Waals surface area contributed by atoms with Crippen LogP contribution in [0.5, 0.6) is 0 Å². The highest BCUT2D eigenvalue weighted by Gasteiger charge is 2.23. The molecule has 1 heterocycles. The van der Waals surface area contributed by atoms with Gasteiger partial charge >= 0.3 is 0 Å². The highest BCUT2D eigenvalue weighted by atomic mass is 32.1. The summed E-state index contributed by atoms with van der Waals surface area (Å²) < 4.78 is 0. The highest BCUT2D eigenvalue weighted by molar-refractivity contribution is 7.09. The van der Waals surface area contributed by atoms with E-state index >= 15 is 0 Å². The van der Waals surface area contributed by atoms with Crippen molar-refractivity contribution in [2.75, 3.05) is 0 Å². The SMILES string of the molecule is CC(C)(C)c1csc(CC2CCCCCC2=O)n1. The Balaban J connectivity index is 2.04. The molecule has 0 N–H and O–H groups in total. The Kier molecular flexibility index (Phi) is 4.21. The third-order valence-electron chi connectivity index (χ3n) is 3.67. The molecule has 2 nitrogen and oxygen atoms in total. The lowest BCUT2D eigenvalue weighted by Crippen LogP contribution is -2.16. The monoisotopic (exact) mass is 265 g/mol. The topological polar surface area (TPSA) is 30.0 Å². The second kappa shape index (κ2) is 5.52. The summed E-state index contributed by atoms with van der Waals surface area (Å²) in [7, 11) is 0. The number of ketones is 1. The molecule has 0 saturated heterocycles. The van der Waals surface area contributed by atoms with Crippen molar-refractivity contribution in [1.82, 2.24) is 4.98 Å². The Morgan fingerprint density at radius 2 is 2.11 bits per heavy atom. The Bertz CT molecular complexity index is 416. The van der Waals surface area contributed by atoms with E-state index in [0.29, 0.717) is 5.78 Å². The lowest BCUT2D eigenvalue weighted by Gasteiger charge is -2.14. The van der Waals surface area contributed by atoms with Crippen molar-refractivity contribution in [1.29, 1.82) is 0 Å². The quantitative estimate of drug-likeness (QED) is 0.752. The smallest absolute Gasteiger partial charge is 0.136 e. The zero-order valence-electron chi connectivity index (χ0n) is 11.7. The fraction of sp³-hybridized carbons (Fsp3) is 0.733. The van der Waals surface area contributed by atoms with Crippen LogP contribution < -0.4 is 0 Å². The maximum absolute atomic E-state index is 12.0. The average Bonchev–Trinajstić information content (AvgIpc) is 2.66. The molecule has 1 fully saturated rings. The second-order valence-corrected chi connectivity index (χ2v) is 7.29. The van der Waals surface area contributed by atoms with Crippen molar-refractivity contribution in [3.05, 3.63) is 16.1 Å². The van der Waals surface area contributed by atoms with Crippen molar-refractivity contribution in [3.63, 3.8) is 0 Å². The van der Waals surface area contributed by atoms with Gasteiger partial charge in [-0.05, 0) is 12.8 Å². The minimum atomic E-state index is 0.113.